The Kier molecular flexibility index (Phi) is 8.31. The van der Waals surface area contributed by atoms with Crippen molar-refractivity contribution in [2.24, 2.45) is 12.0 Å². The van der Waals surface area contributed by atoms with Crippen LogP contribution in [0.15, 0.2) is 41.9 Å². The highest BCUT2D eigenvalue weighted by Gasteiger charge is 2.06. The van der Waals surface area contributed by atoms with Crippen LogP contribution < -0.4 is 15.4 Å². The molecule has 1 aromatic heterocycles. The van der Waals surface area contributed by atoms with Crippen LogP contribution in [0.4, 0.5) is 5.69 Å². The molecule has 2 rings (SSSR count). The molecule has 1 aromatic carbocycles. The molecule has 0 aliphatic heterocycles. The maximum absolute atomic E-state index is 5.74. The van der Waals surface area contributed by atoms with Crippen molar-refractivity contribution in [3.05, 3.63) is 48.6 Å². The zero-order valence-electron chi connectivity index (χ0n) is 16.2. The van der Waals surface area contributed by atoms with E-state index in [0.29, 0.717) is 32.3 Å². The number of hydrogen-bond acceptors (Lipinski definition) is 5. The van der Waals surface area contributed by atoms with E-state index in [0.717, 1.165) is 29.5 Å². The van der Waals surface area contributed by atoms with Gasteiger partial charge in [-0.25, -0.2) is 4.99 Å². The predicted molar refractivity (Wildman–Crippen MR) is 107 cm³/mol. The molecule has 146 valence electrons. The van der Waals surface area contributed by atoms with Crippen molar-refractivity contribution < 1.29 is 9.47 Å². The maximum atomic E-state index is 5.74. The molecule has 27 heavy (non-hydrogen) atoms. The minimum absolute atomic E-state index is 0.414. The Labute approximate surface area is 160 Å². The number of aryl methyl sites for hydroxylation is 1. The minimum Gasteiger partial charge on any atom is -0.493 e. The molecule has 0 aliphatic rings. The number of aromatic nitrogens is 3. The van der Waals surface area contributed by atoms with Gasteiger partial charge in [-0.1, -0.05) is 12.1 Å². The first-order valence-electron chi connectivity index (χ1n) is 8.87. The fourth-order valence-electron chi connectivity index (χ4n) is 2.24. The van der Waals surface area contributed by atoms with Crippen molar-refractivity contribution in [2.45, 2.75) is 19.9 Å². The molecule has 8 heteroatoms. The summed E-state index contributed by atoms with van der Waals surface area (Å²) in [4.78, 5) is 4.58. The van der Waals surface area contributed by atoms with Crippen molar-refractivity contribution in [3.63, 3.8) is 0 Å². The van der Waals surface area contributed by atoms with Crippen LogP contribution in [0, 0.1) is 6.92 Å². The molecule has 2 aromatic rings. The van der Waals surface area contributed by atoms with Crippen LogP contribution in [0.3, 0.4) is 0 Å². The lowest BCUT2D eigenvalue weighted by Gasteiger charge is -2.13. The monoisotopic (exact) mass is 372 g/mol. The fraction of sp³-hybridized carbons (Fsp3) is 0.421. The first-order chi connectivity index (χ1) is 13.1. The van der Waals surface area contributed by atoms with Gasteiger partial charge in [-0.3, -0.25) is 0 Å². The number of nitrogens with zero attached hydrogens (tertiary/aromatic N) is 4. The quantitative estimate of drug-likeness (QED) is 0.288. The first kappa shape index (κ1) is 20.4. The average molecular weight is 372 g/mol. The molecular formula is C19H28N6O2. The minimum atomic E-state index is 0.414. The second kappa shape index (κ2) is 11.0. The SMILES string of the molecule is C=CCNC(=NCc1nnc(C)n1C)Nc1cccc(OCCCOC)c1. The molecule has 0 aliphatic carbocycles. The zero-order chi connectivity index (χ0) is 19.5. The predicted octanol–water partition coefficient (Wildman–Crippen LogP) is 2.28. The van der Waals surface area contributed by atoms with Gasteiger partial charge in [-0.2, -0.15) is 0 Å². The molecule has 0 saturated carbocycles. The molecule has 1 heterocycles. The van der Waals surface area contributed by atoms with Gasteiger partial charge in [0.15, 0.2) is 11.8 Å². The van der Waals surface area contributed by atoms with E-state index in [2.05, 4.69) is 32.4 Å². The van der Waals surface area contributed by atoms with Crippen LogP contribution in [-0.2, 0) is 18.3 Å². The van der Waals surface area contributed by atoms with Crippen molar-refractivity contribution in [2.75, 3.05) is 32.2 Å². The molecule has 0 saturated heterocycles. The second-order valence-corrected chi connectivity index (χ2v) is 5.90. The largest absolute Gasteiger partial charge is 0.493 e. The number of benzene rings is 1. The third kappa shape index (κ3) is 6.74. The molecule has 0 fully saturated rings. The number of aliphatic imine (C=N–C) groups is 1. The summed E-state index contributed by atoms with van der Waals surface area (Å²) in [6, 6.07) is 7.75. The third-order valence-corrected chi connectivity index (χ3v) is 3.83. The van der Waals surface area contributed by atoms with Gasteiger partial charge >= 0.3 is 0 Å². The molecule has 8 nitrogen and oxygen atoms in total. The lowest BCUT2D eigenvalue weighted by Crippen LogP contribution is -2.31. The topological polar surface area (TPSA) is 85.6 Å². The van der Waals surface area contributed by atoms with Crippen LogP contribution in [0.25, 0.3) is 0 Å². The van der Waals surface area contributed by atoms with E-state index >= 15 is 0 Å². The number of hydrogen-bond donors (Lipinski definition) is 2. The lowest BCUT2D eigenvalue weighted by molar-refractivity contribution is 0.172. The number of guanidine groups is 1. The summed E-state index contributed by atoms with van der Waals surface area (Å²) < 4.78 is 12.7. The molecule has 2 N–H and O–H groups in total. The number of nitrogens with one attached hydrogen (secondary N) is 2. The summed E-state index contributed by atoms with van der Waals surface area (Å²) >= 11 is 0. The van der Waals surface area contributed by atoms with Crippen molar-refractivity contribution in [1.82, 2.24) is 20.1 Å². The molecule has 0 unspecified atom stereocenters. The Hall–Kier alpha value is -2.87. The van der Waals surface area contributed by atoms with Crippen LogP contribution in [0.5, 0.6) is 5.75 Å². The maximum Gasteiger partial charge on any atom is 0.196 e. The van der Waals surface area contributed by atoms with E-state index in [1.54, 1.807) is 13.2 Å². The van der Waals surface area contributed by atoms with Gasteiger partial charge in [0, 0.05) is 45.5 Å². The van der Waals surface area contributed by atoms with Gasteiger partial charge in [0.25, 0.3) is 0 Å². The van der Waals surface area contributed by atoms with E-state index < -0.39 is 0 Å². The normalized spacial score (nSPS) is 11.3. The summed E-state index contributed by atoms with van der Waals surface area (Å²) in [7, 11) is 3.61. The molecule has 0 atom stereocenters. The standard InChI is InChI=1S/C19H28N6O2/c1-5-10-20-19(21-14-18-24-23-15(2)25(18)3)22-16-8-6-9-17(13-16)27-12-7-11-26-4/h5-6,8-9,13H,1,7,10-12,14H2,2-4H3,(H2,20,21,22). The highest BCUT2D eigenvalue weighted by atomic mass is 16.5. The smallest absolute Gasteiger partial charge is 0.196 e. The number of anilines is 1. The van der Waals surface area contributed by atoms with Crippen LogP contribution in [0.2, 0.25) is 0 Å². The van der Waals surface area contributed by atoms with Gasteiger partial charge < -0.3 is 24.7 Å². The first-order valence-corrected chi connectivity index (χ1v) is 8.87. The van der Waals surface area contributed by atoms with E-state index in [9.17, 15) is 0 Å². The van der Waals surface area contributed by atoms with Gasteiger partial charge in [0.2, 0.25) is 0 Å². The summed E-state index contributed by atoms with van der Waals surface area (Å²) in [5.74, 6) is 3.07. The summed E-state index contributed by atoms with van der Waals surface area (Å²) in [6.45, 7) is 7.95. The van der Waals surface area contributed by atoms with E-state index in [1.165, 1.54) is 0 Å². The third-order valence-electron chi connectivity index (χ3n) is 3.83. The lowest BCUT2D eigenvalue weighted by atomic mass is 10.3. The second-order valence-electron chi connectivity index (χ2n) is 5.90. The number of rotatable bonds is 10. The average Bonchev–Trinajstić information content (AvgIpc) is 3.00. The number of ether oxygens (including phenoxy) is 2. The highest BCUT2D eigenvalue weighted by molar-refractivity contribution is 5.93. The summed E-state index contributed by atoms with van der Waals surface area (Å²) in [6.07, 6.45) is 2.62. The van der Waals surface area contributed by atoms with Crippen LogP contribution >= 0.6 is 0 Å². The Bertz CT molecular complexity index is 756. The van der Waals surface area contributed by atoms with Gasteiger partial charge in [-0.15, -0.1) is 16.8 Å². The molecule has 0 bridgehead atoms. The van der Waals surface area contributed by atoms with Crippen molar-refractivity contribution in [1.29, 1.82) is 0 Å². The van der Waals surface area contributed by atoms with Gasteiger partial charge in [0.05, 0.1) is 6.61 Å². The van der Waals surface area contributed by atoms with Crippen LogP contribution in [-0.4, -0.2) is 47.6 Å². The van der Waals surface area contributed by atoms with Gasteiger partial charge in [0.1, 0.15) is 18.1 Å². The Morgan fingerprint density at radius 1 is 1.33 bits per heavy atom. The fourth-order valence-corrected chi connectivity index (χ4v) is 2.24. The zero-order valence-corrected chi connectivity index (χ0v) is 16.2. The summed E-state index contributed by atoms with van der Waals surface area (Å²) in [5, 5.41) is 14.7. The Morgan fingerprint density at radius 2 is 2.19 bits per heavy atom. The summed E-state index contributed by atoms with van der Waals surface area (Å²) in [5.41, 5.74) is 0.878. The molecule has 0 spiro atoms. The van der Waals surface area contributed by atoms with Crippen LogP contribution in [0.1, 0.15) is 18.1 Å². The highest BCUT2D eigenvalue weighted by Crippen LogP contribution is 2.17. The van der Waals surface area contributed by atoms with Gasteiger partial charge in [-0.05, 0) is 19.1 Å². The molecular weight excluding hydrogens is 344 g/mol. The Balaban J connectivity index is 2.03. The molecule has 0 amide bonds. The van der Waals surface area contributed by atoms with E-state index in [4.69, 9.17) is 9.47 Å². The van der Waals surface area contributed by atoms with Crippen molar-refractivity contribution in [3.8, 4) is 5.75 Å². The van der Waals surface area contributed by atoms with E-state index in [1.807, 2.05) is 42.8 Å². The van der Waals surface area contributed by atoms with E-state index in [-0.39, 0.29) is 0 Å². The number of methoxy groups -OCH3 is 1. The Morgan fingerprint density at radius 3 is 2.89 bits per heavy atom. The van der Waals surface area contributed by atoms with Crippen molar-refractivity contribution >= 4 is 11.6 Å². The molecule has 0 radical (unpaired) electrons.